The first kappa shape index (κ1) is 18.4. The molecule has 2 aromatic rings. The Morgan fingerprint density at radius 2 is 1.69 bits per heavy atom. The Morgan fingerprint density at radius 3 is 2.31 bits per heavy atom. The van der Waals surface area contributed by atoms with Crippen LogP contribution in [0, 0.1) is 0 Å². The molecule has 0 unspecified atom stereocenters. The van der Waals surface area contributed by atoms with Gasteiger partial charge >= 0.3 is 5.56 Å². The van der Waals surface area contributed by atoms with Gasteiger partial charge in [-0.15, -0.1) is 0 Å². The molecule has 1 aliphatic heterocycles. The van der Waals surface area contributed by atoms with Crippen LogP contribution in [0.15, 0.2) is 46.1 Å². The molecule has 1 aromatic carbocycles. The standard InChI is InChI=1S/C16H20N4O5S/c21-10-11-26(24,25)19-8-6-18(7-9-19)14-12-17-20(16(23)15(14)22)13-4-2-1-3-5-13/h1-5,12,17,21H,6-11H2. The SMILES string of the molecule is O=c1c(N2CCN(S(=O)(=O)CCO)CC2)c[nH]n(-c2ccccc2)c1=O. The van der Waals surface area contributed by atoms with E-state index >= 15 is 0 Å². The number of H-pyrrole nitrogens is 1. The van der Waals surface area contributed by atoms with Gasteiger partial charge in [-0.25, -0.2) is 13.1 Å². The van der Waals surface area contributed by atoms with E-state index in [0.717, 1.165) is 0 Å². The van der Waals surface area contributed by atoms with E-state index in [1.807, 2.05) is 6.07 Å². The predicted octanol–water partition coefficient (Wildman–Crippen LogP) is -1.03. The third kappa shape index (κ3) is 3.57. The zero-order chi connectivity index (χ0) is 18.7. The van der Waals surface area contributed by atoms with Gasteiger partial charge in [0, 0.05) is 32.4 Å². The van der Waals surface area contributed by atoms with E-state index in [0.29, 0.717) is 18.8 Å². The van der Waals surface area contributed by atoms with Gasteiger partial charge in [0.15, 0.2) is 0 Å². The molecule has 0 spiro atoms. The lowest BCUT2D eigenvalue weighted by Crippen LogP contribution is -2.51. The van der Waals surface area contributed by atoms with Crippen LogP contribution in [-0.4, -0.2) is 66.1 Å². The van der Waals surface area contributed by atoms with E-state index in [1.165, 1.54) is 15.2 Å². The number of sulfonamides is 1. The van der Waals surface area contributed by atoms with Crippen molar-refractivity contribution in [3.8, 4) is 5.69 Å². The molecule has 10 heteroatoms. The molecule has 1 saturated heterocycles. The summed E-state index contributed by atoms with van der Waals surface area (Å²) in [6, 6.07) is 8.76. The summed E-state index contributed by atoms with van der Waals surface area (Å²) in [6.07, 6.45) is 1.47. The molecule has 0 saturated carbocycles. The Kier molecular flexibility index (Phi) is 5.25. The number of nitrogens with zero attached hydrogens (tertiary/aromatic N) is 3. The Hall–Kier alpha value is -2.43. The van der Waals surface area contributed by atoms with E-state index < -0.39 is 27.6 Å². The minimum atomic E-state index is -3.50. The van der Waals surface area contributed by atoms with Gasteiger partial charge in [0.1, 0.15) is 5.69 Å². The third-order valence-electron chi connectivity index (χ3n) is 4.30. The summed E-state index contributed by atoms with van der Waals surface area (Å²) in [6.45, 7) is 0.554. The summed E-state index contributed by atoms with van der Waals surface area (Å²) in [5.41, 5.74) is -0.550. The third-order valence-corrected chi connectivity index (χ3v) is 6.15. The molecule has 9 nitrogen and oxygen atoms in total. The smallest absolute Gasteiger partial charge is 0.319 e. The molecule has 140 valence electrons. The van der Waals surface area contributed by atoms with Crippen LogP contribution in [0.5, 0.6) is 0 Å². The lowest BCUT2D eigenvalue weighted by atomic mass is 10.3. The minimum Gasteiger partial charge on any atom is -0.395 e. The van der Waals surface area contributed by atoms with Gasteiger partial charge in [0.2, 0.25) is 10.0 Å². The van der Waals surface area contributed by atoms with Crippen molar-refractivity contribution < 1.29 is 13.5 Å². The predicted molar refractivity (Wildman–Crippen MR) is 97.3 cm³/mol. The number of para-hydroxylation sites is 1. The van der Waals surface area contributed by atoms with Gasteiger partial charge < -0.3 is 10.0 Å². The van der Waals surface area contributed by atoms with Gasteiger partial charge in [0.25, 0.3) is 5.43 Å². The van der Waals surface area contributed by atoms with Crippen LogP contribution in [0.2, 0.25) is 0 Å². The minimum absolute atomic E-state index is 0.198. The zero-order valence-electron chi connectivity index (χ0n) is 14.0. The molecule has 26 heavy (non-hydrogen) atoms. The number of aliphatic hydroxyl groups is 1. The van der Waals surface area contributed by atoms with Crippen molar-refractivity contribution in [3.63, 3.8) is 0 Å². The number of aliphatic hydroxyl groups excluding tert-OH is 1. The summed E-state index contributed by atoms with van der Waals surface area (Å²) >= 11 is 0. The normalized spacial score (nSPS) is 16.0. The molecular weight excluding hydrogens is 360 g/mol. The fourth-order valence-corrected chi connectivity index (χ4v) is 4.12. The second kappa shape index (κ2) is 7.44. The Bertz CT molecular complexity index is 976. The van der Waals surface area contributed by atoms with Crippen LogP contribution in [0.3, 0.4) is 0 Å². The average molecular weight is 380 g/mol. The highest BCUT2D eigenvalue weighted by Crippen LogP contribution is 2.13. The molecule has 2 N–H and O–H groups in total. The van der Waals surface area contributed by atoms with E-state index in [2.05, 4.69) is 5.10 Å². The first-order valence-corrected chi connectivity index (χ1v) is 9.79. The van der Waals surface area contributed by atoms with Crippen LogP contribution in [0.4, 0.5) is 5.69 Å². The zero-order valence-corrected chi connectivity index (χ0v) is 14.9. The Labute approximate surface area is 150 Å². The van der Waals surface area contributed by atoms with E-state index in [1.54, 1.807) is 29.2 Å². The summed E-state index contributed by atoms with van der Waals surface area (Å²) in [5, 5.41) is 11.7. The van der Waals surface area contributed by atoms with Crippen molar-refractivity contribution in [2.45, 2.75) is 0 Å². The quantitative estimate of drug-likeness (QED) is 0.641. The number of nitrogens with one attached hydrogen (secondary N) is 1. The van der Waals surface area contributed by atoms with Crippen LogP contribution in [-0.2, 0) is 10.0 Å². The second-order valence-electron chi connectivity index (χ2n) is 5.89. The summed E-state index contributed by atoms with van der Waals surface area (Å²) < 4.78 is 26.4. The number of hydrogen-bond donors (Lipinski definition) is 2. The van der Waals surface area contributed by atoms with Crippen molar-refractivity contribution in [1.82, 2.24) is 14.1 Å². The Balaban J connectivity index is 1.81. The molecule has 2 heterocycles. The van der Waals surface area contributed by atoms with Crippen LogP contribution < -0.4 is 15.9 Å². The maximum atomic E-state index is 12.5. The van der Waals surface area contributed by atoms with Gasteiger partial charge in [-0.2, -0.15) is 4.31 Å². The lowest BCUT2D eigenvalue weighted by molar-refractivity contribution is 0.312. The van der Waals surface area contributed by atoms with Gasteiger partial charge in [0.05, 0.1) is 18.0 Å². The molecule has 0 aliphatic carbocycles. The highest BCUT2D eigenvalue weighted by molar-refractivity contribution is 7.89. The number of aromatic amines is 1. The van der Waals surface area contributed by atoms with Crippen molar-refractivity contribution >= 4 is 15.7 Å². The van der Waals surface area contributed by atoms with E-state index in [4.69, 9.17) is 5.11 Å². The number of aromatic nitrogens is 2. The number of anilines is 1. The maximum Gasteiger partial charge on any atom is 0.319 e. The molecular formula is C16H20N4O5S. The fourth-order valence-electron chi connectivity index (χ4n) is 2.92. The van der Waals surface area contributed by atoms with Crippen molar-refractivity contribution in [2.75, 3.05) is 43.4 Å². The molecule has 1 aliphatic rings. The highest BCUT2D eigenvalue weighted by atomic mass is 32.2. The van der Waals surface area contributed by atoms with Crippen molar-refractivity contribution in [3.05, 3.63) is 57.1 Å². The summed E-state index contributed by atoms with van der Waals surface area (Å²) in [5.74, 6) is -0.319. The van der Waals surface area contributed by atoms with E-state index in [9.17, 15) is 18.0 Å². The summed E-state index contributed by atoms with van der Waals surface area (Å²) in [4.78, 5) is 26.6. The fraction of sp³-hybridized carbons (Fsp3) is 0.375. The van der Waals surface area contributed by atoms with Crippen LogP contribution in [0.1, 0.15) is 0 Å². The van der Waals surface area contributed by atoms with Crippen LogP contribution in [0.25, 0.3) is 5.69 Å². The van der Waals surface area contributed by atoms with E-state index in [-0.39, 0.29) is 24.5 Å². The lowest BCUT2D eigenvalue weighted by Gasteiger charge is -2.34. The van der Waals surface area contributed by atoms with Crippen LogP contribution >= 0.6 is 0 Å². The molecule has 0 atom stereocenters. The highest BCUT2D eigenvalue weighted by Gasteiger charge is 2.27. The molecule has 0 radical (unpaired) electrons. The average Bonchev–Trinajstić information content (AvgIpc) is 2.65. The second-order valence-corrected chi connectivity index (χ2v) is 7.98. The number of hydrogen-bond acceptors (Lipinski definition) is 6. The molecule has 3 rings (SSSR count). The number of rotatable bonds is 5. The largest absolute Gasteiger partial charge is 0.395 e. The molecule has 0 bridgehead atoms. The molecule has 1 fully saturated rings. The topological polar surface area (TPSA) is 116 Å². The maximum absolute atomic E-state index is 12.5. The van der Waals surface area contributed by atoms with Crippen molar-refractivity contribution in [2.24, 2.45) is 0 Å². The first-order chi connectivity index (χ1) is 12.4. The van der Waals surface area contributed by atoms with Crippen molar-refractivity contribution in [1.29, 1.82) is 0 Å². The summed E-state index contributed by atoms with van der Waals surface area (Å²) in [7, 11) is -3.50. The Morgan fingerprint density at radius 1 is 1.04 bits per heavy atom. The monoisotopic (exact) mass is 380 g/mol. The first-order valence-electron chi connectivity index (χ1n) is 8.18. The van der Waals surface area contributed by atoms with Gasteiger partial charge in [-0.3, -0.25) is 14.7 Å². The molecule has 0 amide bonds. The van der Waals surface area contributed by atoms with Gasteiger partial charge in [-0.1, -0.05) is 18.2 Å². The molecule has 1 aromatic heterocycles. The number of benzene rings is 1. The number of piperazine rings is 1. The van der Waals surface area contributed by atoms with Gasteiger partial charge in [-0.05, 0) is 12.1 Å².